The van der Waals surface area contributed by atoms with Crippen molar-refractivity contribution in [2.75, 3.05) is 32.6 Å². The second-order valence-electron chi connectivity index (χ2n) is 9.70. The van der Waals surface area contributed by atoms with Crippen molar-refractivity contribution in [3.05, 3.63) is 54.6 Å². The first-order chi connectivity index (χ1) is 19.0. The van der Waals surface area contributed by atoms with Crippen molar-refractivity contribution in [3.63, 3.8) is 0 Å². The molecule has 6 rings (SSSR count). The topological polar surface area (TPSA) is 137 Å². The van der Waals surface area contributed by atoms with E-state index >= 15 is 0 Å². The molecule has 0 spiro atoms. The van der Waals surface area contributed by atoms with E-state index in [1.807, 2.05) is 36.5 Å². The van der Waals surface area contributed by atoms with Gasteiger partial charge in [0.2, 0.25) is 11.8 Å². The number of nitrogens with zero attached hydrogens (tertiary/aromatic N) is 9. The zero-order chi connectivity index (χ0) is 26.9. The molecule has 0 radical (unpaired) electrons. The van der Waals surface area contributed by atoms with Crippen LogP contribution < -0.4 is 5.32 Å². The second kappa shape index (κ2) is 10.3. The van der Waals surface area contributed by atoms with Crippen molar-refractivity contribution in [1.82, 2.24) is 44.3 Å². The maximum Gasteiger partial charge on any atom is 0.244 e. The molecule has 1 aliphatic rings. The molecule has 5 aromatic rings. The zero-order valence-corrected chi connectivity index (χ0v) is 21.7. The molecule has 4 heterocycles. The maximum absolute atomic E-state index is 12.4. The molecule has 1 aromatic carbocycles. The Hall–Kier alpha value is -4.65. The summed E-state index contributed by atoms with van der Waals surface area (Å²) in [5.41, 5.74) is 4.84. The predicted molar refractivity (Wildman–Crippen MR) is 142 cm³/mol. The zero-order valence-electron chi connectivity index (χ0n) is 21.7. The van der Waals surface area contributed by atoms with Crippen molar-refractivity contribution in [2.24, 2.45) is 5.92 Å². The predicted octanol–water partition coefficient (Wildman–Crippen LogP) is 1.84. The molecule has 1 aliphatic carbocycles. The van der Waals surface area contributed by atoms with Gasteiger partial charge in [-0.1, -0.05) is 11.3 Å². The quantitative estimate of drug-likeness (QED) is 0.290. The van der Waals surface area contributed by atoms with Crippen LogP contribution in [0.25, 0.3) is 27.8 Å². The highest BCUT2D eigenvalue weighted by molar-refractivity contribution is 5.93. The minimum absolute atomic E-state index is 0.00933. The number of rotatable bonds is 10. The summed E-state index contributed by atoms with van der Waals surface area (Å²) in [7, 11) is 3.36. The number of carbonyl (C=O) groups excluding carboxylic acids is 2. The van der Waals surface area contributed by atoms with Crippen LogP contribution in [0.2, 0.25) is 0 Å². The Morgan fingerprint density at radius 1 is 1.15 bits per heavy atom. The van der Waals surface area contributed by atoms with Crippen LogP contribution >= 0.6 is 0 Å². The fraction of sp³-hybridized carbons (Fsp3) is 0.346. The van der Waals surface area contributed by atoms with Gasteiger partial charge < -0.3 is 15.0 Å². The third-order valence-corrected chi connectivity index (χ3v) is 6.72. The fourth-order valence-electron chi connectivity index (χ4n) is 4.27. The van der Waals surface area contributed by atoms with Crippen LogP contribution in [0, 0.1) is 5.92 Å². The summed E-state index contributed by atoms with van der Waals surface area (Å²) in [6, 6.07) is 9.63. The average Bonchev–Trinajstić information content (AvgIpc) is 3.37. The maximum atomic E-state index is 12.4. The van der Waals surface area contributed by atoms with E-state index in [0.717, 1.165) is 40.7 Å². The molecular weight excluding hydrogens is 500 g/mol. The molecule has 200 valence electrons. The summed E-state index contributed by atoms with van der Waals surface area (Å²) >= 11 is 0. The summed E-state index contributed by atoms with van der Waals surface area (Å²) in [5.74, 6) is 0.569. The third kappa shape index (κ3) is 5.34. The molecule has 39 heavy (non-hydrogen) atoms. The largest absolute Gasteiger partial charge is 0.383 e. The van der Waals surface area contributed by atoms with Gasteiger partial charge in [-0.15, -0.1) is 5.10 Å². The van der Waals surface area contributed by atoms with Gasteiger partial charge in [0.05, 0.1) is 36.8 Å². The van der Waals surface area contributed by atoms with Crippen molar-refractivity contribution < 1.29 is 14.3 Å². The number of nitrogens with one attached hydrogen (secondary N) is 1. The first-order valence-electron chi connectivity index (χ1n) is 12.7. The van der Waals surface area contributed by atoms with E-state index in [2.05, 4.69) is 30.8 Å². The molecule has 0 saturated heterocycles. The van der Waals surface area contributed by atoms with Crippen LogP contribution in [-0.4, -0.2) is 83.4 Å². The SMILES string of the molecule is COCCN(C)C(=O)Cn1cc(-c2ccc3nnn(Cc4ccc5nc(NC(=O)C6CC6)cn5n4)c3c2)cn1. The molecular formula is C26H28N10O3. The van der Waals surface area contributed by atoms with Crippen LogP contribution in [0.5, 0.6) is 0 Å². The number of fused-ring (bicyclic) bond motifs is 2. The number of anilines is 1. The minimum atomic E-state index is -0.0424. The van der Waals surface area contributed by atoms with Gasteiger partial charge in [-0.05, 0) is 42.7 Å². The van der Waals surface area contributed by atoms with E-state index in [0.29, 0.717) is 31.2 Å². The highest BCUT2D eigenvalue weighted by Crippen LogP contribution is 2.30. The molecule has 1 saturated carbocycles. The number of methoxy groups -OCH3 is 1. The first kappa shape index (κ1) is 24.7. The number of ether oxygens (including phenoxy) is 1. The minimum Gasteiger partial charge on any atom is -0.383 e. The monoisotopic (exact) mass is 528 g/mol. The number of imidazole rings is 1. The van der Waals surface area contributed by atoms with Crippen molar-refractivity contribution in [3.8, 4) is 11.1 Å². The number of aromatic nitrogens is 8. The smallest absolute Gasteiger partial charge is 0.244 e. The summed E-state index contributed by atoms with van der Waals surface area (Å²) < 4.78 is 10.1. The van der Waals surface area contributed by atoms with Crippen molar-refractivity contribution in [2.45, 2.75) is 25.9 Å². The lowest BCUT2D eigenvalue weighted by molar-refractivity contribution is -0.131. The summed E-state index contributed by atoms with van der Waals surface area (Å²) in [4.78, 5) is 30.6. The molecule has 0 atom stereocenters. The van der Waals surface area contributed by atoms with Crippen molar-refractivity contribution >= 4 is 34.3 Å². The van der Waals surface area contributed by atoms with Crippen LogP contribution in [-0.2, 0) is 27.4 Å². The van der Waals surface area contributed by atoms with Gasteiger partial charge in [-0.2, -0.15) is 10.2 Å². The summed E-state index contributed by atoms with van der Waals surface area (Å²) in [6.45, 7) is 1.56. The lowest BCUT2D eigenvalue weighted by Gasteiger charge is -2.16. The van der Waals surface area contributed by atoms with Gasteiger partial charge in [-0.3, -0.25) is 14.3 Å². The van der Waals surface area contributed by atoms with E-state index in [1.54, 1.807) is 45.3 Å². The third-order valence-electron chi connectivity index (χ3n) is 6.72. The number of hydrogen-bond acceptors (Lipinski definition) is 8. The summed E-state index contributed by atoms with van der Waals surface area (Å²) in [6.07, 6.45) is 7.18. The van der Waals surface area contributed by atoms with Gasteiger partial charge in [0, 0.05) is 38.4 Å². The van der Waals surface area contributed by atoms with Gasteiger partial charge in [0.25, 0.3) is 0 Å². The number of likely N-dealkylation sites (N-methyl/N-ethyl adjacent to an activating group) is 1. The Balaban J connectivity index is 1.18. The number of carbonyl (C=O) groups is 2. The van der Waals surface area contributed by atoms with E-state index in [-0.39, 0.29) is 24.3 Å². The van der Waals surface area contributed by atoms with Gasteiger partial charge in [0.15, 0.2) is 11.5 Å². The van der Waals surface area contributed by atoms with Crippen LogP contribution in [0.15, 0.2) is 48.9 Å². The highest BCUT2D eigenvalue weighted by Gasteiger charge is 2.30. The lowest BCUT2D eigenvalue weighted by atomic mass is 10.1. The molecule has 2 amide bonds. The number of benzene rings is 1. The number of amides is 2. The van der Waals surface area contributed by atoms with E-state index in [1.165, 1.54) is 0 Å². The van der Waals surface area contributed by atoms with Gasteiger partial charge >= 0.3 is 0 Å². The molecule has 13 heteroatoms. The molecule has 13 nitrogen and oxygen atoms in total. The van der Waals surface area contributed by atoms with Gasteiger partial charge in [-0.25, -0.2) is 14.2 Å². The van der Waals surface area contributed by atoms with E-state index in [4.69, 9.17) is 4.74 Å². The van der Waals surface area contributed by atoms with Crippen LogP contribution in [0.4, 0.5) is 5.82 Å². The summed E-state index contributed by atoms with van der Waals surface area (Å²) in [5, 5.41) is 20.5. The Morgan fingerprint density at radius 3 is 2.85 bits per heavy atom. The Morgan fingerprint density at radius 2 is 2.03 bits per heavy atom. The molecule has 0 unspecified atom stereocenters. The van der Waals surface area contributed by atoms with Gasteiger partial charge in [0.1, 0.15) is 12.1 Å². The Labute approximate surface area is 223 Å². The standard InChI is InChI=1S/C26H28N10O3/c1-33(9-10-39-2)25(37)16-34-13-19(12-27-34)18-5-7-21-22(11-18)35(32-30-21)14-20-6-8-24-28-23(15-36(24)31-20)29-26(38)17-3-4-17/h5-8,11-13,15,17H,3-4,9-10,14,16H2,1-2H3,(H,29,38). The van der Waals surface area contributed by atoms with E-state index < -0.39 is 0 Å². The normalized spacial score (nSPS) is 13.3. The first-order valence-corrected chi connectivity index (χ1v) is 12.7. The fourth-order valence-corrected chi connectivity index (χ4v) is 4.27. The Bertz CT molecular complexity index is 1670. The molecule has 0 aliphatic heterocycles. The Kier molecular flexibility index (Phi) is 6.49. The van der Waals surface area contributed by atoms with Crippen LogP contribution in [0.3, 0.4) is 0 Å². The lowest BCUT2D eigenvalue weighted by Crippen LogP contribution is -2.32. The van der Waals surface area contributed by atoms with Crippen LogP contribution in [0.1, 0.15) is 18.5 Å². The molecule has 4 aromatic heterocycles. The molecule has 1 fully saturated rings. The highest BCUT2D eigenvalue weighted by atomic mass is 16.5. The number of hydrogen-bond donors (Lipinski definition) is 1. The van der Waals surface area contributed by atoms with Crippen molar-refractivity contribution in [1.29, 1.82) is 0 Å². The second-order valence-corrected chi connectivity index (χ2v) is 9.70. The average molecular weight is 529 g/mol. The van der Waals surface area contributed by atoms with E-state index in [9.17, 15) is 9.59 Å². The molecule has 0 bridgehead atoms. The molecule has 1 N–H and O–H groups in total.